The van der Waals surface area contributed by atoms with E-state index >= 15 is 0 Å². The molecule has 1 heterocycles. The first-order chi connectivity index (χ1) is 14.8. The lowest BCUT2D eigenvalue weighted by Crippen LogP contribution is -2.56. The number of benzene rings is 2. The van der Waals surface area contributed by atoms with Gasteiger partial charge in [-0.15, -0.1) is 0 Å². The van der Waals surface area contributed by atoms with Crippen LogP contribution in [0.1, 0.15) is 26.3 Å². The van der Waals surface area contributed by atoms with Crippen molar-refractivity contribution in [2.45, 2.75) is 26.9 Å². The molecule has 0 atom stereocenters. The van der Waals surface area contributed by atoms with Crippen LogP contribution in [0.2, 0.25) is 5.02 Å². The van der Waals surface area contributed by atoms with Gasteiger partial charge in [0.05, 0.1) is 18.9 Å². The molecule has 1 saturated heterocycles. The standard InChI is InChI=1S/C23H23ClN2O4S/c1-5-25-21(27)18(13-15-7-6-8-19(29-4)20(15)30-14(2)3)22(28)26(23(25)31)17-11-9-16(24)10-12-17/h6-14H,5H2,1-4H3/b18-13+. The average Bonchev–Trinajstić information content (AvgIpc) is 2.73. The first-order valence-corrected chi connectivity index (χ1v) is 10.6. The smallest absolute Gasteiger partial charge is 0.270 e. The minimum absolute atomic E-state index is 0.0211. The Balaban J connectivity index is 2.14. The van der Waals surface area contributed by atoms with Crippen molar-refractivity contribution in [2.24, 2.45) is 0 Å². The second-order valence-corrected chi connectivity index (χ2v) is 7.85. The van der Waals surface area contributed by atoms with Gasteiger partial charge in [-0.05, 0) is 69.4 Å². The molecule has 0 aliphatic carbocycles. The number of rotatable bonds is 6. The number of ether oxygens (including phenoxy) is 2. The molecule has 31 heavy (non-hydrogen) atoms. The molecule has 3 rings (SSSR count). The van der Waals surface area contributed by atoms with Gasteiger partial charge in [0.2, 0.25) is 0 Å². The van der Waals surface area contributed by atoms with Crippen molar-refractivity contribution in [3.05, 3.63) is 58.6 Å². The maximum absolute atomic E-state index is 13.4. The Labute approximate surface area is 192 Å². The van der Waals surface area contributed by atoms with Crippen LogP contribution in [-0.4, -0.2) is 41.6 Å². The van der Waals surface area contributed by atoms with Crippen LogP contribution in [0.25, 0.3) is 6.08 Å². The molecule has 0 saturated carbocycles. The van der Waals surface area contributed by atoms with Crippen molar-refractivity contribution in [3.8, 4) is 11.5 Å². The van der Waals surface area contributed by atoms with Crippen molar-refractivity contribution < 1.29 is 19.1 Å². The van der Waals surface area contributed by atoms with Crippen molar-refractivity contribution in [3.63, 3.8) is 0 Å². The zero-order chi connectivity index (χ0) is 22.7. The minimum atomic E-state index is -0.514. The fourth-order valence-electron chi connectivity index (χ4n) is 3.20. The van der Waals surface area contributed by atoms with Crippen LogP contribution in [0.5, 0.6) is 11.5 Å². The minimum Gasteiger partial charge on any atom is -0.493 e. The highest BCUT2D eigenvalue weighted by Crippen LogP contribution is 2.35. The van der Waals surface area contributed by atoms with E-state index in [0.717, 1.165) is 0 Å². The molecule has 0 unspecified atom stereocenters. The van der Waals surface area contributed by atoms with E-state index in [1.54, 1.807) is 49.4 Å². The molecular weight excluding hydrogens is 436 g/mol. The van der Waals surface area contributed by atoms with Gasteiger partial charge in [-0.25, -0.2) is 0 Å². The number of nitrogens with zero attached hydrogens (tertiary/aromatic N) is 2. The molecule has 162 valence electrons. The molecule has 1 aliphatic rings. The lowest BCUT2D eigenvalue weighted by molar-refractivity contribution is -0.127. The van der Waals surface area contributed by atoms with Crippen LogP contribution in [0.3, 0.4) is 0 Å². The monoisotopic (exact) mass is 458 g/mol. The van der Waals surface area contributed by atoms with Crippen LogP contribution >= 0.6 is 23.8 Å². The van der Waals surface area contributed by atoms with Gasteiger partial charge >= 0.3 is 0 Å². The quantitative estimate of drug-likeness (QED) is 0.357. The fourth-order valence-corrected chi connectivity index (χ4v) is 3.72. The van der Waals surface area contributed by atoms with Crippen molar-refractivity contribution in [1.82, 2.24) is 4.90 Å². The van der Waals surface area contributed by atoms with Crippen LogP contribution in [-0.2, 0) is 9.59 Å². The summed E-state index contributed by atoms with van der Waals surface area (Å²) in [4.78, 5) is 29.3. The lowest BCUT2D eigenvalue weighted by Gasteiger charge is -2.36. The largest absolute Gasteiger partial charge is 0.493 e. The van der Waals surface area contributed by atoms with E-state index in [-0.39, 0.29) is 16.8 Å². The number of likely N-dealkylation sites (N-methyl/N-ethyl adjacent to an activating group) is 1. The van der Waals surface area contributed by atoms with E-state index in [1.807, 2.05) is 13.8 Å². The number of carbonyl (C=O) groups is 2. The number of para-hydroxylation sites is 1. The third kappa shape index (κ3) is 4.57. The molecule has 2 amide bonds. The Morgan fingerprint density at radius 2 is 1.77 bits per heavy atom. The van der Waals surface area contributed by atoms with E-state index in [4.69, 9.17) is 33.3 Å². The highest BCUT2D eigenvalue weighted by molar-refractivity contribution is 7.80. The Morgan fingerprint density at radius 1 is 1.10 bits per heavy atom. The predicted molar refractivity (Wildman–Crippen MR) is 126 cm³/mol. The molecule has 0 N–H and O–H groups in total. The van der Waals surface area contributed by atoms with Crippen molar-refractivity contribution in [2.75, 3.05) is 18.6 Å². The van der Waals surface area contributed by atoms with Crippen molar-refractivity contribution in [1.29, 1.82) is 0 Å². The normalized spacial score (nSPS) is 15.8. The number of hydrogen-bond acceptors (Lipinski definition) is 5. The molecule has 0 radical (unpaired) electrons. The van der Waals surface area contributed by atoms with Gasteiger partial charge in [0.15, 0.2) is 16.6 Å². The number of amides is 2. The second kappa shape index (κ2) is 9.49. The maximum Gasteiger partial charge on any atom is 0.270 e. The van der Waals surface area contributed by atoms with Crippen LogP contribution < -0.4 is 14.4 Å². The van der Waals surface area contributed by atoms with E-state index in [0.29, 0.717) is 34.3 Å². The summed E-state index contributed by atoms with van der Waals surface area (Å²) >= 11 is 11.4. The van der Waals surface area contributed by atoms with Crippen molar-refractivity contribution >= 4 is 52.5 Å². The SMILES string of the molecule is CCN1C(=O)/C(=C\c2cccc(OC)c2OC(C)C)C(=O)N(c2ccc(Cl)cc2)C1=S. The molecular formula is C23H23ClN2O4S. The topological polar surface area (TPSA) is 59.1 Å². The van der Waals surface area contributed by atoms with Crippen LogP contribution in [0.4, 0.5) is 5.69 Å². The molecule has 2 aromatic carbocycles. The Morgan fingerprint density at radius 3 is 2.35 bits per heavy atom. The molecule has 1 aliphatic heterocycles. The van der Waals surface area contributed by atoms with Crippen LogP contribution in [0, 0.1) is 0 Å². The summed E-state index contributed by atoms with van der Waals surface area (Å²) in [7, 11) is 1.54. The number of halogens is 1. The van der Waals surface area contributed by atoms with Crippen LogP contribution in [0.15, 0.2) is 48.0 Å². The molecule has 1 fully saturated rings. The molecule has 2 aromatic rings. The zero-order valence-electron chi connectivity index (χ0n) is 17.7. The summed E-state index contributed by atoms with van der Waals surface area (Å²) in [6.45, 7) is 5.90. The Hall–Kier alpha value is -2.90. The first kappa shape index (κ1) is 22.8. The molecule has 0 bridgehead atoms. The third-order valence-electron chi connectivity index (χ3n) is 4.61. The van der Waals surface area contributed by atoms with E-state index in [2.05, 4.69) is 0 Å². The van der Waals surface area contributed by atoms with E-state index < -0.39 is 11.8 Å². The fraction of sp³-hybridized carbons (Fsp3) is 0.261. The van der Waals surface area contributed by atoms with E-state index in [9.17, 15) is 9.59 Å². The van der Waals surface area contributed by atoms with Gasteiger partial charge in [-0.3, -0.25) is 19.4 Å². The summed E-state index contributed by atoms with van der Waals surface area (Å²) in [6.07, 6.45) is 1.40. The summed E-state index contributed by atoms with van der Waals surface area (Å²) in [6, 6.07) is 12.0. The summed E-state index contributed by atoms with van der Waals surface area (Å²) in [5.74, 6) is -0.0000979. The van der Waals surface area contributed by atoms with Gasteiger partial charge in [0, 0.05) is 17.1 Å². The number of methoxy groups -OCH3 is 1. The molecule has 6 nitrogen and oxygen atoms in total. The molecule has 8 heteroatoms. The zero-order valence-corrected chi connectivity index (χ0v) is 19.3. The van der Waals surface area contributed by atoms with Gasteiger partial charge in [-0.2, -0.15) is 0 Å². The van der Waals surface area contributed by atoms with Gasteiger partial charge in [0.1, 0.15) is 5.57 Å². The lowest BCUT2D eigenvalue weighted by atomic mass is 10.0. The highest BCUT2D eigenvalue weighted by atomic mass is 35.5. The predicted octanol–water partition coefficient (Wildman–Crippen LogP) is 4.70. The van der Waals surface area contributed by atoms with Gasteiger partial charge < -0.3 is 9.47 Å². The van der Waals surface area contributed by atoms with Gasteiger partial charge in [-0.1, -0.05) is 23.7 Å². The Bertz CT molecular complexity index is 1050. The summed E-state index contributed by atoms with van der Waals surface area (Å²) < 4.78 is 11.3. The average molecular weight is 459 g/mol. The summed E-state index contributed by atoms with van der Waals surface area (Å²) in [5, 5.41) is 0.659. The maximum atomic E-state index is 13.4. The van der Waals surface area contributed by atoms with E-state index in [1.165, 1.54) is 23.0 Å². The number of thiocarbonyl (C=S) groups is 1. The first-order valence-electron chi connectivity index (χ1n) is 9.79. The Kier molecular flexibility index (Phi) is 6.97. The summed E-state index contributed by atoms with van der Waals surface area (Å²) in [5.41, 5.74) is 1.07. The number of hydrogen-bond donors (Lipinski definition) is 0. The highest BCUT2D eigenvalue weighted by Gasteiger charge is 2.39. The molecule has 0 aromatic heterocycles. The second-order valence-electron chi connectivity index (χ2n) is 7.05. The molecule has 0 spiro atoms. The number of carbonyl (C=O) groups excluding carboxylic acids is 2. The van der Waals surface area contributed by atoms with Gasteiger partial charge in [0.25, 0.3) is 11.8 Å². The number of anilines is 1. The third-order valence-corrected chi connectivity index (χ3v) is 5.27.